The van der Waals surface area contributed by atoms with Crippen LogP contribution >= 0.6 is 11.3 Å². The number of aromatic nitrogens is 2. The highest BCUT2D eigenvalue weighted by molar-refractivity contribution is 7.15. The van der Waals surface area contributed by atoms with Gasteiger partial charge >= 0.3 is 5.97 Å². The fourth-order valence-electron chi connectivity index (χ4n) is 2.12. The monoisotopic (exact) mass is 237 g/mol. The number of rotatable bonds is 2. The van der Waals surface area contributed by atoms with Gasteiger partial charge in [-0.25, -0.2) is 9.78 Å². The minimum Gasteiger partial charge on any atom is -0.476 e. The molecular formula is C10H11N3O2S. The number of hydrogen-bond donors (Lipinski definition) is 1. The third-order valence-electron chi connectivity index (χ3n) is 2.85. The van der Waals surface area contributed by atoms with Crippen molar-refractivity contribution in [1.29, 1.82) is 0 Å². The summed E-state index contributed by atoms with van der Waals surface area (Å²) in [6, 6.07) is 0. The first kappa shape index (κ1) is 9.65. The normalized spacial score (nSPS) is 16.1. The number of nitrogens with zero attached hydrogens (tertiary/aromatic N) is 3. The van der Waals surface area contributed by atoms with Crippen molar-refractivity contribution in [3.63, 3.8) is 0 Å². The van der Waals surface area contributed by atoms with E-state index in [4.69, 9.17) is 0 Å². The summed E-state index contributed by atoms with van der Waals surface area (Å²) in [4.78, 5) is 18.5. The number of thiazole rings is 1. The van der Waals surface area contributed by atoms with Crippen LogP contribution in [0.25, 0.3) is 4.96 Å². The van der Waals surface area contributed by atoms with E-state index < -0.39 is 5.97 Å². The summed E-state index contributed by atoms with van der Waals surface area (Å²) >= 11 is 1.46. The van der Waals surface area contributed by atoms with Crippen LogP contribution in [0.2, 0.25) is 0 Å². The van der Waals surface area contributed by atoms with Gasteiger partial charge in [0, 0.05) is 24.7 Å². The molecule has 16 heavy (non-hydrogen) atoms. The number of carboxylic acid groups (broad SMARTS) is 1. The highest BCUT2D eigenvalue weighted by Gasteiger charge is 2.25. The van der Waals surface area contributed by atoms with Gasteiger partial charge in [0.15, 0.2) is 16.5 Å². The molecule has 2 aromatic heterocycles. The lowest BCUT2D eigenvalue weighted by Crippen LogP contribution is -2.21. The molecule has 0 saturated carbocycles. The van der Waals surface area contributed by atoms with Crippen molar-refractivity contribution in [3.8, 4) is 0 Å². The number of aromatic carboxylic acids is 1. The van der Waals surface area contributed by atoms with Crippen LogP contribution in [0.4, 0.5) is 5.82 Å². The van der Waals surface area contributed by atoms with Crippen LogP contribution in [0.5, 0.6) is 0 Å². The molecular weight excluding hydrogens is 226 g/mol. The van der Waals surface area contributed by atoms with Crippen LogP contribution in [-0.4, -0.2) is 33.6 Å². The average Bonchev–Trinajstić information content (AvgIpc) is 2.92. The molecule has 84 valence electrons. The molecule has 0 spiro atoms. The fourth-order valence-corrected chi connectivity index (χ4v) is 2.83. The number of fused-ring (bicyclic) bond motifs is 1. The molecule has 0 atom stereocenters. The Bertz CT molecular complexity index is 539. The highest BCUT2D eigenvalue weighted by atomic mass is 32.1. The van der Waals surface area contributed by atoms with Crippen molar-refractivity contribution in [2.45, 2.75) is 12.8 Å². The first-order valence-corrected chi connectivity index (χ1v) is 6.09. The van der Waals surface area contributed by atoms with Gasteiger partial charge in [-0.1, -0.05) is 0 Å². The molecule has 1 N–H and O–H groups in total. The molecule has 1 aliphatic heterocycles. The Morgan fingerprint density at radius 2 is 2.19 bits per heavy atom. The molecule has 0 aromatic carbocycles. The van der Waals surface area contributed by atoms with Gasteiger partial charge in [0.05, 0.1) is 0 Å². The lowest BCUT2D eigenvalue weighted by molar-refractivity contribution is 0.0690. The molecule has 0 aliphatic carbocycles. The highest BCUT2D eigenvalue weighted by Crippen LogP contribution is 2.27. The van der Waals surface area contributed by atoms with Gasteiger partial charge in [0.25, 0.3) is 0 Å². The standard InChI is InChI=1S/C10H11N3O2S/c14-9(15)7-8(12-3-1-2-4-12)11-10-13(7)5-6-16-10/h5-6H,1-4H2,(H,14,15). The zero-order valence-electron chi connectivity index (χ0n) is 8.59. The summed E-state index contributed by atoms with van der Waals surface area (Å²) in [5.41, 5.74) is 0.290. The van der Waals surface area contributed by atoms with Crippen LogP contribution in [0.3, 0.4) is 0 Å². The van der Waals surface area contributed by atoms with Gasteiger partial charge in [-0.2, -0.15) is 0 Å². The molecule has 0 amide bonds. The molecule has 1 fully saturated rings. The minimum absolute atomic E-state index is 0.290. The summed E-state index contributed by atoms with van der Waals surface area (Å²) in [5, 5.41) is 11.1. The maximum absolute atomic E-state index is 11.3. The molecule has 6 heteroatoms. The van der Waals surface area contributed by atoms with E-state index in [2.05, 4.69) is 9.88 Å². The van der Waals surface area contributed by atoms with E-state index in [0.29, 0.717) is 5.82 Å². The zero-order valence-corrected chi connectivity index (χ0v) is 9.40. The van der Waals surface area contributed by atoms with Gasteiger partial charge in [0.1, 0.15) is 0 Å². The number of carboxylic acids is 1. The van der Waals surface area contributed by atoms with Gasteiger partial charge in [-0.05, 0) is 12.8 Å². The third-order valence-corrected chi connectivity index (χ3v) is 3.61. The summed E-state index contributed by atoms with van der Waals surface area (Å²) in [5.74, 6) is -0.287. The molecule has 0 radical (unpaired) electrons. The first-order valence-electron chi connectivity index (χ1n) is 5.21. The van der Waals surface area contributed by atoms with E-state index in [-0.39, 0.29) is 5.69 Å². The predicted molar refractivity (Wildman–Crippen MR) is 61.5 cm³/mol. The van der Waals surface area contributed by atoms with Crippen molar-refractivity contribution >= 4 is 28.1 Å². The second kappa shape index (κ2) is 3.48. The zero-order chi connectivity index (χ0) is 11.1. The maximum atomic E-state index is 11.3. The summed E-state index contributed by atoms with van der Waals surface area (Å²) in [6.07, 6.45) is 3.99. The van der Waals surface area contributed by atoms with Crippen LogP contribution in [-0.2, 0) is 0 Å². The van der Waals surface area contributed by atoms with E-state index in [1.165, 1.54) is 11.3 Å². The third kappa shape index (κ3) is 1.30. The van der Waals surface area contributed by atoms with E-state index in [1.807, 2.05) is 5.38 Å². The van der Waals surface area contributed by atoms with Crippen LogP contribution in [0.1, 0.15) is 23.3 Å². The van der Waals surface area contributed by atoms with E-state index >= 15 is 0 Å². The Kier molecular flexibility index (Phi) is 2.10. The molecule has 2 aromatic rings. The van der Waals surface area contributed by atoms with Crippen LogP contribution in [0, 0.1) is 0 Å². The quantitative estimate of drug-likeness (QED) is 0.863. The molecule has 1 aliphatic rings. The van der Waals surface area contributed by atoms with E-state index in [9.17, 15) is 9.90 Å². The fraction of sp³-hybridized carbons (Fsp3) is 0.400. The summed E-state index contributed by atoms with van der Waals surface area (Å²) in [7, 11) is 0. The Morgan fingerprint density at radius 1 is 1.44 bits per heavy atom. The second-order valence-corrected chi connectivity index (χ2v) is 4.71. The van der Waals surface area contributed by atoms with Crippen LogP contribution < -0.4 is 4.90 Å². The minimum atomic E-state index is -0.909. The van der Waals surface area contributed by atoms with E-state index in [0.717, 1.165) is 30.9 Å². The summed E-state index contributed by atoms with van der Waals surface area (Å²) in [6.45, 7) is 1.82. The van der Waals surface area contributed by atoms with Crippen molar-refractivity contribution < 1.29 is 9.90 Å². The van der Waals surface area contributed by atoms with Gasteiger partial charge in [0.2, 0.25) is 0 Å². The van der Waals surface area contributed by atoms with Gasteiger partial charge in [-0.3, -0.25) is 4.40 Å². The molecule has 1 saturated heterocycles. The number of carbonyl (C=O) groups is 1. The Balaban J connectivity index is 2.18. The lowest BCUT2D eigenvalue weighted by Gasteiger charge is -2.14. The Labute approximate surface area is 95.9 Å². The largest absolute Gasteiger partial charge is 0.476 e. The Morgan fingerprint density at radius 3 is 2.88 bits per heavy atom. The molecule has 3 rings (SSSR count). The molecule has 3 heterocycles. The number of hydrogen-bond acceptors (Lipinski definition) is 4. The van der Waals surface area contributed by atoms with Gasteiger partial charge < -0.3 is 10.0 Å². The topological polar surface area (TPSA) is 57.8 Å². The summed E-state index contributed by atoms with van der Waals surface area (Å²) < 4.78 is 1.65. The van der Waals surface area contributed by atoms with Crippen molar-refractivity contribution in [3.05, 3.63) is 17.3 Å². The SMILES string of the molecule is O=C(O)c1c(N2CCCC2)nc2sccn12. The smallest absolute Gasteiger partial charge is 0.356 e. The first-order chi connectivity index (χ1) is 7.77. The Hall–Kier alpha value is -1.56. The van der Waals surface area contributed by atoms with Crippen molar-refractivity contribution in [2.24, 2.45) is 0 Å². The van der Waals surface area contributed by atoms with Crippen molar-refractivity contribution in [1.82, 2.24) is 9.38 Å². The van der Waals surface area contributed by atoms with E-state index in [1.54, 1.807) is 10.6 Å². The predicted octanol–water partition coefficient (Wildman–Crippen LogP) is 1.69. The van der Waals surface area contributed by atoms with Crippen molar-refractivity contribution in [2.75, 3.05) is 18.0 Å². The number of anilines is 1. The maximum Gasteiger partial charge on any atom is 0.356 e. The number of imidazole rings is 1. The molecule has 0 unspecified atom stereocenters. The van der Waals surface area contributed by atoms with Crippen LogP contribution in [0.15, 0.2) is 11.6 Å². The molecule has 0 bridgehead atoms. The van der Waals surface area contributed by atoms with Gasteiger partial charge in [-0.15, -0.1) is 11.3 Å². The molecule has 5 nitrogen and oxygen atoms in total. The average molecular weight is 237 g/mol. The second-order valence-electron chi connectivity index (χ2n) is 3.84. The lowest BCUT2D eigenvalue weighted by atomic mass is 10.4.